The van der Waals surface area contributed by atoms with Gasteiger partial charge in [-0.1, -0.05) is 11.6 Å². The molecule has 0 amide bonds. The van der Waals surface area contributed by atoms with Crippen LogP contribution in [0.3, 0.4) is 0 Å². The lowest BCUT2D eigenvalue weighted by Crippen LogP contribution is -2.32. The highest BCUT2D eigenvalue weighted by Crippen LogP contribution is 2.28. The van der Waals surface area contributed by atoms with Crippen molar-refractivity contribution in [2.45, 2.75) is 22.3 Å². The Hall–Kier alpha value is -1.42. The molecule has 1 fully saturated rings. The summed E-state index contributed by atoms with van der Waals surface area (Å²) in [6.07, 6.45) is 1.58. The zero-order chi connectivity index (χ0) is 18.2. The van der Waals surface area contributed by atoms with Crippen molar-refractivity contribution in [3.8, 4) is 0 Å². The highest BCUT2D eigenvalue weighted by atomic mass is 35.5. The molecule has 1 aliphatic rings. The van der Waals surface area contributed by atoms with Gasteiger partial charge >= 0.3 is 0 Å². The number of hydrogen-bond acceptors (Lipinski definition) is 5. The van der Waals surface area contributed by atoms with Gasteiger partial charge in [0.05, 0.1) is 21.4 Å². The summed E-state index contributed by atoms with van der Waals surface area (Å²) in [5, 5.41) is -1.12. The molecule has 3 rings (SSSR count). The van der Waals surface area contributed by atoms with E-state index in [-0.39, 0.29) is 35.2 Å². The summed E-state index contributed by atoms with van der Waals surface area (Å²) in [5.74, 6) is -0.687. The van der Waals surface area contributed by atoms with Gasteiger partial charge in [0.15, 0.2) is 9.84 Å². The zero-order valence-electron chi connectivity index (χ0n) is 12.9. The third-order valence-electron chi connectivity index (χ3n) is 4.07. The van der Waals surface area contributed by atoms with Gasteiger partial charge in [0.2, 0.25) is 10.0 Å². The van der Waals surface area contributed by atoms with E-state index in [1.807, 2.05) is 0 Å². The largest absolute Gasteiger partial charge is 0.468 e. The Morgan fingerprint density at radius 2 is 2.00 bits per heavy atom. The molecule has 0 N–H and O–H groups in total. The number of sulfone groups is 1. The van der Waals surface area contributed by atoms with Crippen molar-refractivity contribution in [1.29, 1.82) is 0 Å². The summed E-state index contributed by atoms with van der Waals surface area (Å²) < 4.78 is 69.5. The van der Waals surface area contributed by atoms with Crippen molar-refractivity contribution in [2.24, 2.45) is 0 Å². The molecule has 0 saturated carbocycles. The van der Waals surface area contributed by atoms with E-state index in [9.17, 15) is 21.2 Å². The Kier molecular flexibility index (Phi) is 4.93. The van der Waals surface area contributed by atoms with Crippen LogP contribution in [0.25, 0.3) is 0 Å². The number of sulfonamides is 1. The normalized spacial score (nSPS) is 19.4. The first-order valence-electron chi connectivity index (χ1n) is 7.39. The lowest BCUT2D eigenvalue weighted by atomic mass is 10.3. The lowest BCUT2D eigenvalue weighted by Gasteiger charge is -2.17. The van der Waals surface area contributed by atoms with Crippen LogP contribution >= 0.6 is 11.6 Å². The predicted octanol–water partition coefficient (Wildman–Crippen LogP) is 2.45. The van der Waals surface area contributed by atoms with Gasteiger partial charge in [0.25, 0.3) is 0 Å². The van der Waals surface area contributed by atoms with Crippen molar-refractivity contribution in [3.05, 3.63) is 53.2 Å². The van der Waals surface area contributed by atoms with E-state index >= 15 is 0 Å². The molecule has 1 aliphatic heterocycles. The molecule has 6 nitrogen and oxygen atoms in total. The molecule has 25 heavy (non-hydrogen) atoms. The van der Waals surface area contributed by atoms with Gasteiger partial charge < -0.3 is 4.42 Å². The van der Waals surface area contributed by atoms with Crippen molar-refractivity contribution in [3.63, 3.8) is 0 Å². The quantitative estimate of drug-likeness (QED) is 0.760. The molecule has 0 aliphatic carbocycles. The Morgan fingerprint density at radius 1 is 1.24 bits per heavy atom. The van der Waals surface area contributed by atoms with Gasteiger partial charge in [-0.2, -0.15) is 4.31 Å². The SMILES string of the molecule is O=S(=O)(Cc1ccco1)C1CCN(S(=O)(=O)c2ccc(F)c(Cl)c2)C1. The minimum atomic E-state index is -3.94. The molecule has 0 spiro atoms. The fourth-order valence-corrected chi connectivity index (χ4v) is 6.24. The number of nitrogens with zero attached hydrogens (tertiary/aromatic N) is 1. The zero-order valence-corrected chi connectivity index (χ0v) is 15.3. The van der Waals surface area contributed by atoms with Crippen LogP contribution in [0.2, 0.25) is 5.02 Å². The second-order valence-electron chi connectivity index (χ2n) is 5.74. The summed E-state index contributed by atoms with van der Waals surface area (Å²) in [5.41, 5.74) is 0. The van der Waals surface area contributed by atoms with Crippen molar-refractivity contribution in [2.75, 3.05) is 13.1 Å². The van der Waals surface area contributed by atoms with E-state index in [0.29, 0.717) is 5.76 Å². The van der Waals surface area contributed by atoms with Crippen LogP contribution in [-0.2, 0) is 25.6 Å². The fourth-order valence-electron chi connectivity index (χ4n) is 2.71. The highest BCUT2D eigenvalue weighted by Gasteiger charge is 2.39. The molecule has 0 bridgehead atoms. The molecule has 1 aromatic heterocycles. The Labute approximate surface area is 150 Å². The molecular weight excluding hydrogens is 393 g/mol. The van der Waals surface area contributed by atoms with Crippen LogP contribution in [0.5, 0.6) is 0 Å². The minimum absolute atomic E-state index is 0.0688. The number of halogens is 2. The number of benzene rings is 1. The van der Waals surface area contributed by atoms with Crippen LogP contribution in [0.15, 0.2) is 45.9 Å². The molecule has 136 valence electrons. The Bertz CT molecular complexity index is 973. The van der Waals surface area contributed by atoms with E-state index in [2.05, 4.69) is 0 Å². The Morgan fingerprint density at radius 3 is 2.64 bits per heavy atom. The average molecular weight is 408 g/mol. The third-order valence-corrected chi connectivity index (χ3v) is 8.31. The van der Waals surface area contributed by atoms with E-state index in [4.69, 9.17) is 16.0 Å². The molecule has 1 aromatic carbocycles. The molecular formula is C15H15ClFNO5S2. The first-order valence-corrected chi connectivity index (χ1v) is 10.9. The highest BCUT2D eigenvalue weighted by molar-refractivity contribution is 7.91. The standard InChI is InChI=1S/C15H15ClFNO5S2/c16-14-8-12(3-4-15(14)17)25(21,22)18-6-5-13(9-18)24(19,20)10-11-2-1-7-23-11/h1-4,7-8,13H,5-6,9-10H2. The van der Waals surface area contributed by atoms with E-state index in [1.54, 1.807) is 12.1 Å². The van der Waals surface area contributed by atoms with Gasteiger partial charge in [-0.3, -0.25) is 0 Å². The molecule has 10 heteroatoms. The maximum absolute atomic E-state index is 13.2. The third kappa shape index (κ3) is 3.74. The molecule has 1 atom stereocenters. The van der Waals surface area contributed by atoms with Crippen LogP contribution in [0.1, 0.15) is 12.2 Å². The van der Waals surface area contributed by atoms with Gasteiger partial charge in [-0.25, -0.2) is 21.2 Å². The van der Waals surface area contributed by atoms with Gasteiger partial charge in [-0.15, -0.1) is 0 Å². The summed E-state index contributed by atoms with van der Waals surface area (Å²) in [6.45, 7) is -0.0836. The number of furan rings is 1. The topological polar surface area (TPSA) is 84.7 Å². The molecule has 1 saturated heterocycles. The molecule has 0 radical (unpaired) electrons. The fraction of sp³-hybridized carbons (Fsp3) is 0.333. The van der Waals surface area contributed by atoms with Crippen LogP contribution < -0.4 is 0 Å². The maximum atomic E-state index is 13.2. The summed E-state index contributed by atoms with van der Waals surface area (Å²) in [6, 6.07) is 6.25. The molecule has 1 unspecified atom stereocenters. The number of rotatable bonds is 5. The average Bonchev–Trinajstić information content (AvgIpc) is 3.21. The summed E-state index contributed by atoms with van der Waals surface area (Å²) in [7, 11) is -7.50. The second-order valence-corrected chi connectivity index (χ2v) is 10.4. The lowest BCUT2D eigenvalue weighted by molar-refractivity contribution is 0.476. The Balaban J connectivity index is 1.78. The van der Waals surface area contributed by atoms with Crippen molar-refractivity contribution < 1.29 is 25.6 Å². The first-order chi connectivity index (χ1) is 11.7. The smallest absolute Gasteiger partial charge is 0.243 e. The van der Waals surface area contributed by atoms with Crippen LogP contribution in [0.4, 0.5) is 4.39 Å². The van der Waals surface area contributed by atoms with Crippen molar-refractivity contribution in [1.82, 2.24) is 4.31 Å². The minimum Gasteiger partial charge on any atom is -0.468 e. The monoisotopic (exact) mass is 407 g/mol. The second kappa shape index (κ2) is 6.71. The predicted molar refractivity (Wildman–Crippen MR) is 89.9 cm³/mol. The molecule has 2 aromatic rings. The van der Waals surface area contributed by atoms with Gasteiger partial charge in [0, 0.05) is 13.1 Å². The van der Waals surface area contributed by atoms with E-state index < -0.39 is 30.9 Å². The maximum Gasteiger partial charge on any atom is 0.243 e. The van der Waals surface area contributed by atoms with Gasteiger partial charge in [0.1, 0.15) is 17.3 Å². The number of hydrogen-bond donors (Lipinski definition) is 0. The summed E-state index contributed by atoms with van der Waals surface area (Å²) >= 11 is 5.64. The summed E-state index contributed by atoms with van der Waals surface area (Å²) in [4.78, 5) is -0.164. The van der Waals surface area contributed by atoms with E-state index in [1.165, 1.54) is 6.26 Å². The van der Waals surface area contributed by atoms with E-state index in [0.717, 1.165) is 22.5 Å². The molecule has 2 heterocycles. The van der Waals surface area contributed by atoms with Crippen LogP contribution in [0, 0.1) is 5.82 Å². The van der Waals surface area contributed by atoms with Gasteiger partial charge in [-0.05, 0) is 36.8 Å². The van der Waals surface area contributed by atoms with Crippen LogP contribution in [-0.4, -0.2) is 39.5 Å². The van der Waals surface area contributed by atoms with Crippen molar-refractivity contribution >= 4 is 31.5 Å². The first kappa shape index (κ1) is 18.4.